The van der Waals surface area contributed by atoms with Gasteiger partial charge in [0.2, 0.25) is 0 Å². The van der Waals surface area contributed by atoms with Crippen molar-refractivity contribution in [1.82, 2.24) is 5.32 Å². The molecule has 0 saturated heterocycles. The number of hydrogen-bond acceptors (Lipinski definition) is 2. The zero-order chi connectivity index (χ0) is 14.8. The lowest BCUT2D eigenvalue weighted by Gasteiger charge is -2.19. The summed E-state index contributed by atoms with van der Waals surface area (Å²) in [6.07, 6.45) is 0. The van der Waals surface area contributed by atoms with Crippen molar-refractivity contribution in [3.8, 4) is 0 Å². The summed E-state index contributed by atoms with van der Waals surface area (Å²) in [6.45, 7) is 3.98. The van der Waals surface area contributed by atoms with Crippen molar-refractivity contribution >= 4 is 11.9 Å². The van der Waals surface area contributed by atoms with E-state index in [4.69, 9.17) is 5.11 Å². The standard InChI is InChI=1S/C13H15F2NO3/c1-7-4-5-8(14)9(10(7)15)11(17)16-6-13(2,3)12(18)19/h4-5H,6H2,1-3H3,(H,16,17)(H,18,19). The lowest BCUT2D eigenvalue weighted by molar-refractivity contribution is -0.146. The minimum absolute atomic E-state index is 0.143. The molecule has 0 bridgehead atoms. The number of aliphatic carboxylic acids is 1. The van der Waals surface area contributed by atoms with Gasteiger partial charge in [-0.05, 0) is 32.4 Å². The maximum Gasteiger partial charge on any atom is 0.310 e. The number of amides is 1. The Morgan fingerprint density at radius 1 is 1.32 bits per heavy atom. The fraction of sp³-hybridized carbons (Fsp3) is 0.385. The Morgan fingerprint density at radius 3 is 2.42 bits per heavy atom. The molecule has 0 heterocycles. The van der Waals surface area contributed by atoms with Crippen LogP contribution in [0.5, 0.6) is 0 Å². The van der Waals surface area contributed by atoms with E-state index in [1.807, 2.05) is 0 Å². The van der Waals surface area contributed by atoms with E-state index < -0.39 is 34.5 Å². The van der Waals surface area contributed by atoms with Gasteiger partial charge in [-0.1, -0.05) is 6.07 Å². The van der Waals surface area contributed by atoms with Crippen LogP contribution < -0.4 is 5.32 Å². The minimum Gasteiger partial charge on any atom is -0.481 e. The van der Waals surface area contributed by atoms with Gasteiger partial charge in [-0.2, -0.15) is 0 Å². The van der Waals surface area contributed by atoms with Gasteiger partial charge >= 0.3 is 5.97 Å². The van der Waals surface area contributed by atoms with Crippen molar-refractivity contribution in [3.63, 3.8) is 0 Å². The topological polar surface area (TPSA) is 66.4 Å². The van der Waals surface area contributed by atoms with Crippen LogP contribution in [0.2, 0.25) is 0 Å². The van der Waals surface area contributed by atoms with Gasteiger partial charge in [0, 0.05) is 6.54 Å². The zero-order valence-corrected chi connectivity index (χ0v) is 10.9. The SMILES string of the molecule is Cc1ccc(F)c(C(=O)NCC(C)(C)C(=O)O)c1F. The molecule has 19 heavy (non-hydrogen) atoms. The second-order valence-corrected chi connectivity index (χ2v) is 4.92. The molecule has 0 fully saturated rings. The van der Waals surface area contributed by atoms with Gasteiger partial charge in [0.05, 0.1) is 5.41 Å². The predicted octanol–water partition coefficient (Wildman–Crippen LogP) is 2.11. The Kier molecular flexibility index (Phi) is 4.24. The second kappa shape index (κ2) is 5.34. The lowest BCUT2D eigenvalue weighted by atomic mass is 9.94. The molecule has 1 aromatic carbocycles. The van der Waals surface area contributed by atoms with Gasteiger partial charge in [0.15, 0.2) is 0 Å². The second-order valence-electron chi connectivity index (χ2n) is 4.92. The van der Waals surface area contributed by atoms with E-state index in [9.17, 15) is 18.4 Å². The van der Waals surface area contributed by atoms with Gasteiger partial charge < -0.3 is 10.4 Å². The van der Waals surface area contributed by atoms with Crippen molar-refractivity contribution in [1.29, 1.82) is 0 Å². The Bertz CT molecular complexity index is 527. The maximum atomic E-state index is 13.7. The highest BCUT2D eigenvalue weighted by atomic mass is 19.1. The van der Waals surface area contributed by atoms with Gasteiger partial charge in [-0.15, -0.1) is 0 Å². The molecule has 0 aliphatic heterocycles. The van der Waals surface area contributed by atoms with Crippen molar-refractivity contribution in [3.05, 3.63) is 34.9 Å². The summed E-state index contributed by atoms with van der Waals surface area (Å²) in [7, 11) is 0. The molecule has 0 aliphatic rings. The van der Waals surface area contributed by atoms with E-state index in [1.54, 1.807) is 0 Å². The van der Waals surface area contributed by atoms with Crippen LogP contribution >= 0.6 is 0 Å². The molecule has 0 aliphatic carbocycles. The van der Waals surface area contributed by atoms with Gasteiger partial charge in [0.1, 0.15) is 17.2 Å². The number of aryl methyl sites for hydroxylation is 1. The Balaban J connectivity index is 2.92. The van der Waals surface area contributed by atoms with Gasteiger partial charge in [-0.3, -0.25) is 9.59 Å². The number of carboxylic acid groups (broad SMARTS) is 1. The molecular formula is C13H15F2NO3. The summed E-state index contributed by atoms with van der Waals surface area (Å²) in [6, 6.07) is 2.22. The zero-order valence-electron chi connectivity index (χ0n) is 10.9. The Labute approximate surface area is 109 Å². The molecule has 0 saturated carbocycles. The minimum atomic E-state index is -1.22. The fourth-order valence-corrected chi connectivity index (χ4v) is 1.33. The van der Waals surface area contributed by atoms with E-state index in [1.165, 1.54) is 26.8 Å². The quantitative estimate of drug-likeness (QED) is 0.881. The number of carboxylic acids is 1. The summed E-state index contributed by atoms with van der Waals surface area (Å²) in [5, 5.41) is 11.1. The smallest absolute Gasteiger partial charge is 0.310 e. The monoisotopic (exact) mass is 271 g/mol. The number of carbonyl (C=O) groups is 2. The first-order chi connectivity index (χ1) is 8.66. The maximum absolute atomic E-state index is 13.7. The molecule has 0 spiro atoms. The number of rotatable bonds is 4. The van der Waals surface area contributed by atoms with E-state index in [0.717, 1.165) is 6.07 Å². The summed E-state index contributed by atoms with van der Waals surface area (Å²) >= 11 is 0. The van der Waals surface area contributed by atoms with E-state index in [-0.39, 0.29) is 12.1 Å². The summed E-state index contributed by atoms with van der Waals surface area (Å²) in [4.78, 5) is 22.6. The molecular weight excluding hydrogens is 256 g/mol. The van der Waals surface area contributed by atoms with E-state index in [0.29, 0.717) is 0 Å². The van der Waals surface area contributed by atoms with Crippen molar-refractivity contribution in [2.24, 2.45) is 5.41 Å². The third-order valence-corrected chi connectivity index (χ3v) is 2.78. The summed E-state index contributed by atoms with van der Waals surface area (Å²) < 4.78 is 27.1. The van der Waals surface area contributed by atoms with Crippen LogP contribution in [-0.4, -0.2) is 23.5 Å². The van der Waals surface area contributed by atoms with Crippen molar-refractivity contribution < 1.29 is 23.5 Å². The van der Waals surface area contributed by atoms with E-state index in [2.05, 4.69) is 5.32 Å². The highest BCUT2D eigenvalue weighted by Gasteiger charge is 2.29. The number of benzene rings is 1. The summed E-state index contributed by atoms with van der Waals surface area (Å²) in [5.41, 5.74) is -1.77. The Hall–Kier alpha value is -1.98. The largest absolute Gasteiger partial charge is 0.481 e. The average molecular weight is 271 g/mol. The average Bonchev–Trinajstić information content (AvgIpc) is 2.32. The van der Waals surface area contributed by atoms with E-state index >= 15 is 0 Å². The number of carbonyl (C=O) groups excluding carboxylic acids is 1. The van der Waals surface area contributed by atoms with Crippen LogP contribution in [0.25, 0.3) is 0 Å². The third-order valence-electron chi connectivity index (χ3n) is 2.78. The van der Waals surface area contributed by atoms with Crippen molar-refractivity contribution in [2.45, 2.75) is 20.8 Å². The normalized spacial score (nSPS) is 11.2. The third kappa shape index (κ3) is 3.27. The molecule has 6 heteroatoms. The number of halogens is 2. The highest BCUT2D eigenvalue weighted by Crippen LogP contribution is 2.17. The van der Waals surface area contributed by atoms with Crippen LogP contribution in [-0.2, 0) is 4.79 Å². The van der Waals surface area contributed by atoms with Crippen LogP contribution in [0.4, 0.5) is 8.78 Å². The first-order valence-corrected chi connectivity index (χ1v) is 5.63. The molecule has 0 atom stereocenters. The van der Waals surface area contributed by atoms with Gasteiger partial charge in [0.25, 0.3) is 5.91 Å². The fourth-order valence-electron chi connectivity index (χ4n) is 1.33. The van der Waals surface area contributed by atoms with Crippen LogP contribution in [0.15, 0.2) is 12.1 Å². The molecule has 0 radical (unpaired) electrons. The summed E-state index contributed by atoms with van der Waals surface area (Å²) in [5.74, 6) is -4.00. The van der Waals surface area contributed by atoms with Crippen molar-refractivity contribution in [2.75, 3.05) is 6.54 Å². The lowest BCUT2D eigenvalue weighted by Crippen LogP contribution is -2.39. The molecule has 0 aromatic heterocycles. The van der Waals surface area contributed by atoms with Crippen LogP contribution in [0, 0.1) is 24.0 Å². The molecule has 2 N–H and O–H groups in total. The van der Waals surface area contributed by atoms with Crippen LogP contribution in [0.3, 0.4) is 0 Å². The first-order valence-electron chi connectivity index (χ1n) is 5.63. The first kappa shape index (κ1) is 15.1. The molecule has 1 rings (SSSR count). The van der Waals surface area contributed by atoms with Gasteiger partial charge in [-0.25, -0.2) is 8.78 Å². The molecule has 4 nitrogen and oxygen atoms in total. The highest BCUT2D eigenvalue weighted by molar-refractivity contribution is 5.95. The van der Waals surface area contributed by atoms with Crippen LogP contribution in [0.1, 0.15) is 29.8 Å². The number of hydrogen-bond donors (Lipinski definition) is 2. The molecule has 0 unspecified atom stereocenters. The molecule has 1 aromatic rings. The number of nitrogens with one attached hydrogen (secondary N) is 1. The molecule has 104 valence electrons. The predicted molar refractivity (Wildman–Crippen MR) is 64.8 cm³/mol. The molecule has 1 amide bonds. The Morgan fingerprint density at radius 2 is 1.89 bits per heavy atom.